The molecule has 0 aromatic heterocycles. The van der Waals surface area contributed by atoms with Crippen molar-refractivity contribution in [2.75, 3.05) is 26.3 Å². The van der Waals surface area contributed by atoms with Crippen molar-refractivity contribution >= 4 is 9.52 Å². The summed E-state index contributed by atoms with van der Waals surface area (Å²) < 4.78 is 0. The minimum absolute atomic E-state index is 0.0742. The lowest BCUT2D eigenvalue weighted by Crippen LogP contribution is -2.34. The first-order valence-corrected chi connectivity index (χ1v) is 7.20. The molecule has 0 rings (SSSR count). The Bertz CT molecular complexity index is 113. The van der Waals surface area contributed by atoms with Crippen LogP contribution in [0.25, 0.3) is 0 Å². The zero-order valence-electron chi connectivity index (χ0n) is 9.18. The third-order valence-corrected chi connectivity index (χ3v) is 3.56. The second kappa shape index (κ2) is 9.96. The zero-order chi connectivity index (χ0) is 9.94. The molecular weight excluding hydrogens is 176 g/mol. The van der Waals surface area contributed by atoms with E-state index >= 15 is 0 Å². The van der Waals surface area contributed by atoms with E-state index in [1.54, 1.807) is 0 Å². The van der Waals surface area contributed by atoms with E-state index in [9.17, 15) is 0 Å². The van der Waals surface area contributed by atoms with Crippen LogP contribution in [0.1, 0.15) is 20.3 Å². The highest BCUT2D eigenvalue weighted by Crippen LogP contribution is 1.87. The lowest BCUT2D eigenvalue weighted by atomic mass is 10.5. The van der Waals surface area contributed by atoms with Crippen LogP contribution in [0.5, 0.6) is 0 Å². The first kappa shape index (κ1) is 12.9. The van der Waals surface area contributed by atoms with Crippen LogP contribution >= 0.6 is 0 Å². The Morgan fingerprint density at radius 1 is 1.38 bits per heavy atom. The highest BCUT2D eigenvalue weighted by atomic mass is 28.2. The predicted octanol–water partition coefficient (Wildman–Crippen LogP) is 0.996. The lowest BCUT2D eigenvalue weighted by molar-refractivity contribution is 0.279. The van der Waals surface area contributed by atoms with Gasteiger partial charge in [-0.2, -0.15) is 0 Å². The summed E-state index contributed by atoms with van der Waals surface area (Å²) in [5, 5.41) is 3.46. The molecule has 0 aliphatic heterocycles. The average Bonchev–Trinajstić information content (AvgIpc) is 2.17. The molecule has 1 N–H and O–H groups in total. The van der Waals surface area contributed by atoms with Gasteiger partial charge >= 0.3 is 0 Å². The largest absolute Gasteiger partial charge is 0.304 e. The number of nitrogens with one attached hydrogen (secondary N) is 1. The number of nitrogens with zero attached hydrogens (tertiary/aromatic N) is 1. The van der Waals surface area contributed by atoms with E-state index in [0.29, 0.717) is 0 Å². The number of hydrogen-bond donors (Lipinski definition) is 1. The summed E-state index contributed by atoms with van der Waals surface area (Å²) in [5.41, 5.74) is 2.13. The molecule has 13 heavy (non-hydrogen) atoms. The van der Waals surface area contributed by atoms with Gasteiger partial charge in [-0.25, -0.2) is 0 Å². The minimum Gasteiger partial charge on any atom is -0.304 e. The smallest absolute Gasteiger partial charge is 0.0480 e. The van der Waals surface area contributed by atoms with Crippen LogP contribution in [0.15, 0.2) is 12.3 Å². The zero-order valence-corrected chi connectivity index (χ0v) is 10.6. The van der Waals surface area contributed by atoms with Crippen molar-refractivity contribution < 1.29 is 0 Å². The standard InChI is InChI=1S/C10H24N2Si/c1-4-12(5-2)10-11-8-7-9-13-6-3/h6,11H,3-5,7-10,13H2,1-2H3. The van der Waals surface area contributed by atoms with Gasteiger partial charge in [0.25, 0.3) is 0 Å². The van der Waals surface area contributed by atoms with Crippen LogP contribution in [0.3, 0.4) is 0 Å². The first-order chi connectivity index (χ1) is 6.35. The Balaban J connectivity index is 3.09. The Kier molecular flexibility index (Phi) is 9.87. The maximum Gasteiger partial charge on any atom is 0.0480 e. The van der Waals surface area contributed by atoms with E-state index in [2.05, 4.69) is 36.3 Å². The quantitative estimate of drug-likeness (QED) is 0.339. The van der Waals surface area contributed by atoms with Crippen molar-refractivity contribution in [3.63, 3.8) is 0 Å². The SMILES string of the molecule is C=C[SiH2]CCCNCN(CC)CC. The third-order valence-electron chi connectivity index (χ3n) is 2.24. The second-order valence-electron chi connectivity index (χ2n) is 3.25. The monoisotopic (exact) mass is 200 g/mol. The molecule has 0 atom stereocenters. The topological polar surface area (TPSA) is 15.3 Å². The van der Waals surface area contributed by atoms with Crippen LogP contribution in [-0.4, -0.2) is 40.7 Å². The van der Waals surface area contributed by atoms with Gasteiger partial charge in [0, 0.05) is 16.2 Å². The maximum atomic E-state index is 3.77. The van der Waals surface area contributed by atoms with E-state index in [0.717, 1.165) is 26.3 Å². The van der Waals surface area contributed by atoms with Gasteiger partial charge in [-0.05, 0) is 26.1 Å². The van der Waals surface area contributed by atoms with E-state index in [1.807, 2.05) is 0 Å². The second-order valence-corrected chi connectivity index (χ2v) is 5.11. The molecule has 0 unspecified atom stereocenters. The maximum absolute atomic E-state index is 3.77. The molecule has 3 heteroatoms. The molecule has 78 valence electrons. The Hall–Kier alpha value is -0.123. The summed E-state index contributed by atoms with van der Waals surface area (Å²) in [6, 6.07) is 1.40. The van der Waals surface area contributed by atoms with Crippen LogP contribution in [0.2, 0.25) is 6.04 Å². The fourth-order valence-corrected chi connectivity index (χ4v) is 2.05. The summed E-state index contributed by atoms with van der Waals surface area (Å²) in [4.78, 5) is 2.39. The van der Waals surface area contributed by atoms with Gasteiger partial charge in [-0.3, -0.25) is 4.90 Å². The minimum atomic E-state index is 0.0742. The summed E-state index contributed by atoms with van der Waals surface area (Å²) in [6.45, 7) is 12.7. The average molecular weight is 200 g/mol. The van der Waals surface area contributed by atoms with Crippen molar-refractivity contribution in [3.05, 3.63) is 12.3 Å². The number of hydrogen-bond acceptors (Lipinski definition) is 2. The van der Waals surface area contributed by atoms with Crippen LogP contribution in [0.4, 0.5) is 0 Å². The molecule has 0 amide bonds. The molecule has 0 spiro atoms. The van der Waals surface area contributed by atoms with E-state index < -0.39 is 0 Å². The van der Waals surface area contributed by atoms with E-state index in [1.165, 1.54) is 12.5 Å². The van der Waals surface area contributed by atoms with Gasteiger partial charge in [-0.1, -0.05) is 19.9 Å². The van der Waals surface area contributed by atoms with Crippen molar-refractivity contribution in [2.24, 2.45) is 0 Å². The van der Waals surface area contributed by atoms with Gasteiger partial charge < -0.3 is 5.32 Å². The molecule has 2 nitrogen and oxygen atoms in total. The van der Waals surface area contributed by atoms with Crippen molar-refractivity contribution in [1.82, 2.24) is 10.2 Å². The van der Waals surface area contributed by atoms with Gasteiger partial charge in [0.05, 0.1) is 0 Å². The van der Waals surface area contributed by atoms with Crippen LogP contribution < -0.4 is 5.32 Å². The molecule has 0 aromatic carbocycles. The summed E-state index contributed by atoms with van der Waals surface area (Å²) >= 11 is 0. The highest BCUT2D eigenvalue weighted by molar-refractivity contribution is 6.41. The molecule has 0 radical (unpaired) electrons. The lowest BCUT2D eigenvalue weighted by Gasteiger charge is -2.18. The van der Waals surface area contributed by atoms with Crippen molar-refractivity contribution in [2.45, 2.75) is 26.3 Å². The normalized spacial score (nSPS) is 11.6. The fraction of sp³-hybridized carbons (Fsp3) is 0.800. The fourth-order valence-electron chi connectivity index (χ4n) is 1.22. The molecule has 0 saturated heterocycles. The molecule has 0 heterocycles. The van der Waals surface area contributed by atoms with Crippen molar-refractivity contribution in [1.29, 1.82) is 0 Å². The predicted molar refractivity (Wildman–Crippen MR) is 64.0 cm³/mol. The summed E-state index contributed by atoms with van der Waals surface area (Å²) in [6.07, 6.45) is 1.32. The molecule has 0 fully saturated rings. The van der Waals surface area contributed by atoms with Crippen LogP contribution in [-0.2, 0) is 0 Å². The summed E-state index contributed by atoms with van der Waals surface area (Å²) in [5.74, 6) is 0. The van der Waals surface area contributed by atoms with E-state index in [-0.39, 0.29) is 9.52 Å². The van der Waals surface area contributed by atoms with E-state index in [4.69, 9.17) is 0 Å². The van der Waals surface area contributed by atoms with Gasteiger partial charge in [0.1, 0.15) is 0 Å². The molecule has 0 aliphatic carbocycles. The number of rotatable bonds is 9. The Morgan fingerprint density at radius 2 is 2.08 bits per heavy atom. The Labute approximate surface area is 85.2 Å². The van der Waals surface area contributed by atoms with Gasteiger partial charge in [0.2, 0.25) is 0 Å². The van der Waals surface area contributed by atoms with Crippen LogP contribution in [0, 0.1) is 0 Å². The molecule has 0 aliphatic rings. The first-order valence-electron chi connectivity index (χ1n) is 5.39. The molecule has 0 bridgehead atoms. The summed E-state index contributed by atoms with van der Waals surface area (Å²) in [7, 11) is 0.0742. The molecule has 0 saturated carbocycles. The van der Waals surface area contributed by atoms with Gasteiger partial charge in [0.15, 0.2) is 0 Å². The highest BCUT2D eigenvalue weighted by Gasteiger charge is 1.95. The third kappa shape index (κ3) is 8.21. The Morgan fingerprint density at radius 3 is 2.62 bits per heavy atom. The molecular formula is C10H24N2Si. The van der Waals surface area contributed by atoms with Gasteiger partial charge in [-0.15, -0.1) is 12.3 Å². The van der Waals surface area contributed by atoms with Crippen molar-refractivity contribution in [3.8, 4) is 0 Å². The molecule has 0 aromatic rings.